The van der Waals surface area contributed by atoms with Crippen molar-refractivity contribution in [1.29, 1.82) is 5.26 Å². The Labute approximate surface area is 171 Å². The van der Waals surface area contributed by atoms with Crippen molar-refractivity contribution in [2.75, 3.05) is 45.7 Å². The van der Waals surface area contributed by atoms with E-state index in [2.05, 4.69) is 21.7 Å². The number of urea groups is 1. The summed E-state index contributed by atoms with van der Waals surface area (Å²) < 4.78 is 5.60. The molecule has 2 N–H and O–H groups in total. The zero-order valence-electron chi connectivity index (χ0n) is 16.9. The maximum Gasteiger partial charge on any atom is 0.319 e. The van der Waals surface area contributed by atoms with Crippen molar-refractivity contribution >= 4 is 17.8 Å². The van der Waals surface area contributed by atoms with Crippen LogP contribution >= 0.6 is 0 Å². The Hall–Kier alpha value is -2.86. The second-order valence-electron chi connectivity index (χ2n) is 7.56. The Morgan fingerprint density at radius 3 is 2.93 bits per heavy atom. The van der Waals surface area contributed by atoms with Gasteiger partial charge in [-0.1, -0.05) is 0 Å². The molecule has 3 atom stereocenters. The van der Waals surface area contributed by atoms with E-state index in [1.165, 1.54) is 0 Å². The molecule has 0 aromatic carbocycles. The predicted octanol–water partition coefficient (Wildman–Crippen LogP) is 1.03. The van der Waals surface area contributed by atoms with Crippen LogP contribution in [0.4, 0.5) is 10.6 Å². The highest BCUT2D eigenvalue weighted by Gasteiger charge is 2.34. The number of carbonyl (C=O) groups is 2. The molecule has 1 aliphatic heterocycles. The highest BCUT2D eigenvalue weighted by Crippen LogP contribution is 2.28. The number of nitrogens with one attached hydrogen (secondary N) is 2. The number of likely N-dealkylation sites (N-methyl/N-ethyl adjacent to an activating group) is 1. The van der Waals surface area contributed by atoms with Gasteiger partial charge in [0.1, 0.15) is 5.82 Å². The number of amides is 3. The third-order valence-corrected chi connectivity index (χ3v) is 5.67. The van der Waals surface area contributed by atoms with Crippen LogP contribution in [0.15, 0.2) is 18.3 Å². The van der Waals surface area contributed by atoms with Gasteiger partial charge in [-0.25, -0.2) is 9.78 Å². The molecule has 0 bridgehead atoms. The topological polar surface area (TPSA) is 111 Å². The van der Waals surface area contributed by atoms with E-state index in [1.54, 1.807) is 42.3 Å². The monoisotopic (exact) mass is 400 g/mol. The SMILES string of the molecule is CO[C@@H]1CC[C@H](C(=O)NCCN2CCN(C)C2=O)C[C@H]1Nc1cc(C#N)ccn1. The van der Waals surface area contributed by atoms with Crippen LogP contribution < -0.4 is 10.6 Å². The fourth-order valence-electron chi connectivity index (χ4n) is 3.95. The van der Waals surface area contributed by atoms with Gasteiger partial charge in [0.25, 0.3) is 0 Å². The molecule has 9 heteroatoms. The Balaban J connectivity index is 1.52. The van der Waals surface area contributed by atoms with Gasteiger partial charge in [-0.15, -0.1) is 0 Å². The minimum atomic E-state index is -0.130. The maximum absolute atomic E-state index is 12.7. The molecule has 29 heavy (non-hydrogen) atoms. The molecule has 1 saturated heterocycles. The van der Waals surface area contributed by atoms with Crippen LogP contribution in [0.25, 0.3) is 0 Å². The number of aromatic nitrogens is 1. The fraction of sp³-hybridized carbons (Fsp3) is 0.600. The summed E-state index contributed by atoms with van der Waals surface area (Å²) in [6.07, 6.45) is 3.70. The highest BCUT2D eigenvalue weighted by molar-refractivity contribution is 5.79. The normalized spacial score (nSPS) is 24.3. The summed E-state index contributed by atoms with van der Waals surface area (Å²) in [5.74, 6) is 0.480. The van der Waals surface area contributed by atoms with Gasteiger partial charge in [-0.3, -0.25) is 4.79 Å². The van der Waals surface area contributed by atoms with Crippen LogP contribution in [0.3, 0.4) is 0 Å². The summed E-state index contributed by atoms with van der Waals surface area (Å²) in [7, 11) is 3.45. The van der Waals surface area contributed by atoms with Gasteiger partial charge >= 0.3 is 6.03 Å². The molecule has 3 amide bonds. The first-order valence-corrected chi connectivity index (χ1v) is 9.95. The predicted molar refractivity (Wildman–Crippen MR) is 107 cm³/mol. The molecule has 0 radical (unpaired) electrons. The average molecular weight is 400 g/mol. The molecule has 2 fully saturated rings. The van der Waals surface area contributed by atoms with Crippen molar-refractivity contribution in [3.63, 3.8) is 0 Å². The van der Waals surface area contributed by atoms with Gasteiger partial charge in [-0.05, 0) is 31.4 Å². The van der Waals surface area contributed by atoms with Gasteiger partial charge in [0.05, 0.1) is 23.8 Å². The quantitative estimate of drug-likeness (QED) is 0.707. The van der Waals surface area contributed by atoms with Crippen molar-refractivity contribution in [2.45, 2.75) is 31.4 Å². The summed E-state index contributed by atoms with van der Waals surface area (Å²) in [6.45, 7) is 2.40. The van der Waals surface area contributed by atoms with Crippen LogP contribution in [0.2, 0.25) is 0 Å². The van der Waals surface area contributed by atoms with Crippen LogP contribution in [0.1, 0.15) is 24.8 Å². The summed E-state index contributed by atoms with van der Waals surface area (Å²) in [6, 6.07) is 5.39. The summed E-state index contributed by atoms with van der Waals surface area (Å²) in [5.41, 5.74) is 0.531. The van der Waals surface area contributed by atoms with Crippen molar-refractivity contribution < 1.29 is 14.3 Å². The smallest absolute Gasteiger partial charge is 0.319 e. The lowest BCUT2D eigenvalue weighted by atomic mass is 9.83. The van der Waals surface area contributed by atoms with E-state index in [1.807, 2.05) is 0 Å². The van der Waals surface area contributed by atoms with E-state index in [9.17, 15) is 9.59 Å². The van der Waals surface area contributed by atoms with E-state index in [-0.39, 0.29) is 30.0 Å². The van der Waals surface area contributed by atoms with E-state index in [0.29, 0.717) is 37.4 Å². The zero-order valence-corrected chi connectivity index (χ0v) is 16.9. The molecule has 9 nitrogen and oxygen atoms in total. The van der Waals surface area contributed by atoms with Gasteiger partial charge in [0.15, 0.2) is 0 Å². The van der Waals surface area contributed by atoms with Gasteiger partial charge in [-0.2, -0.15) is 5.26 Å². The molecule has 3 rings (SSSR count). The van der Waals surface area contributed by atoms with Crippen LogP contribution in [0.5, 0.6) is 0 Å². The first-order chi connectivity index (χ1) is 14.0. The van der Waals surface area contributed by atoms with Gasteiger partial charge in [0, 0.05) is 52.5 Å². The molecular formula is C20H28N6O3. The third kappa shape index (κ3) is 5.15. The van der Waals surface area contributed by atoms with Crippen molar-refractivity contribution in [2.24, 2.45) is 5.92 Å². The first-order valence-electron chi connectivity index (χ1n) is 9.95. The van der Waals surface area contributed by atoms with Crippen LogP contribution in [0, 0.1) is 17.2 Å². The number of ether oxygens (including phenoxy) is 1. The van der Waals surface area contributed by atoms with Crippen molar-refractivity contribution in [1.82, 2.24) is 20.1 Å². The number of rotatable bonds is 7. The second-order valence-corrected chi connectivity index (χ2v) is 7.56. The Kier molecular flexibility index (Phi) is 6.88. The highest BCUT2D eigenvalue weighted by atomic mass is 16.5. The number of methoxy groups -OCH3 is 1. The fourth-order valence-corrected chi connectivity index (χ4v) is 3.95. The zero-order chi connectivity index (χ0) is 20.8. The van der Waals surface area contributed by atoms with E-state index in [0.717, 1.165) is 19.4 Å². The number of pyridine rings is 1. The Morgan fingerprint density at radius 1 is 1.41 bits per heavy atom. The number of nitriles is 1. The molecule has 1 aliphatic carbocycles. The summed E-state index contributed by atoms with van der Waals surface area (Å²) in [4.78, 5) is 32.3. The largest absolute Gasteiger partial charge is 0.379 e. The average Bonchev–Trinajstić information content (AvgIpc) is 3.06. The maximum atomic E-state index is 12.7. The number of hydrogen-bond acceptors (Lipinski definition) is 6. The molecule has 1 aromatic rings. The first kappa shape index (κ1) is 20.9. The number of anilines is 1. The number of carbonyl (C=O) groups excluding carboxylic acids is 2. The lowest BCUT2D eigenvalue weighted by Crippen LogP contribution is -2.46. The minimum absolute atomic E-state index is 0.00471. The van der Waals surface area contributed by atoms with E-state index >= 15 is 0 Å². The van der Waals surface area contributed by atoms with Crippen molar-refractivity contribution in [3.8, 4) is 6.07 Å². The lowest BCUT2D eigenvalue weighted by molar-refractivity contribution is -0.127. The minimum Gasteiger partial charge on any atom is -0.379 e. The lowest BCUT2D eigenvalue weighted by Gasteiger charge is -2.35. The molecule has 1 saturated carbocycles. The molecule has 1 aromatic heterocycles. The van der Waals surface area contributed by atoms with E-state index in [4.69, 9.17) is 10.00 Å². The molecule has 2 aliphatic rings. The molecule has 156 valence electrons. The van der Waals surface area contributed by atoms with Gasteiger partial charge < -0.3 is 25.2 Å². The summed E-state index contributed by atoms with van der Waals surface area (Å²) >= 11 is 0. The Morgan fingerprint density at radius 2 is 2.24 bits per heavy atom. The molecule has 2 heterocycles. The van der Waals surface area contributed by atoms with Crippen LogP contribution in [-0.4, -0.2) is 79.2 Å². The second kappa shape index (κ2) is 9.56. The molecular weight excluding hydrogens is 372 g/mol. The van der Waals surface area contributed by atoms with E-state index < -0.39 is 0 Å². The Bertz CT molecular complexity index is 780. The number of hydrogen-bond donors (Lipinski definition) is 2. The molecule has 0 unspecified atom stereocenters. The number of nitrogens with zero attached hydrogens (tertiary/aromatic N) is 4. The molecule has 0 spiro atoms. The summed E-state index contributed by atoms with van der Waals surface area (Å²) in [5, 5.41) is 15.4. The third-order valence-electron chi connectivity index (χ3n) is 5.67. The standard InChI is InChI=1S/C20H28N6O3/c1-25-9-10-26(20(25)28)8-7-23-19(27)15-3-4-17(29-2)16(12-15)24-18-11-14(13-21)5-6-22-18/h5-6,11,15-17H,3-4,7-10,12H2,1-2H3,(H,22,24)(H,23,27)/t15-,16+,17+/m0/s1. The van der Waals surface area contributed by atoms with Gasteiger partial charge in [0.2, 0.25) is 5.91 Å². The van der Waals surface area contributed by atoms with Crippen molar-refractivity contribution in [3.05, 3.63) is 23.9 Å². The van der Waals surface area contributed by atoms with Crippen LogP contribution in [-0.2, 0) is 9.53 Å².